The molecule has 0 fully saturated rings. The number of methoxy groups -OCH3 is 1. The number of hydrogen-bond donors (Lipinski definition) is 1. The van der Waals surface area contributed by atoms with Gasteiger partial charge in [0.1, 0.15) is 12.3 Å². The van der Waals surface area contributed by atoms with Crippen molar-refractivity contribution in [2.24, 2.45) is 5.41 Å². The lowest BCUT2D eigenvalue weighted by Gasteiger charge is -2.30. The molecule has 0 aliphatic heterocycles. The molecule has 0 unspecified atom stereocenters. The quantitative estimate of drug-likeness (QED) is 0.942. The standard InChI is InChI=1S/C17H21NO3/c1-17(2)7-6-13-12-5-4-11(21-3)8-14(12)18(10-16(19)20)15(13)9-17/h4-5,8H,6-7,9-10H2,1-3H3,(H,19,20). The topological polar surface area (TPSA) is 51.5 Å². The van der Waals surface area contributed by atoms with Gasteiger partial charge in [0.25, 0.3) is 0 Å². The molecule has 0 amide bonds. The van der Waals surface area contributed by atoms with Gasteiger partial charge in [0.05, 0.1) is 12.6 Å². The van der Waals surface area contributed by atoms with Crippen LogP contribution in [0, 0.1) is 5.41 Å². The molecule has 0 radical (unpaired) electrons. The molecule has 1 heterocycles. The van der Waals surface area contributed by atoms with Crippen molar-refractivity contribution in [2.45, 2.75) is 39.7 Å². The minimum atomic E-state index is -0.805. The Morgan fingerprint density at radius 2 is 2.19 bits per heavy atom. The SMILES string of the molecule is COc1ccc2c3c(n(CC(=O)O)c2c1)CC(C)(C)CC3. The first-order chi connectivity index (χ1) is 9.91. The smallest absolute Gasteiger partial charge is 0.323 e. The van der Waals surface area contributed by atoms with E-state index in [-0.39, 0.29) is 12.0 Å². The molecular weight excluding hydrogens is 266 g/mol. The highest BCUT2D eigenvalue weighted by Crippen LogP contribution is 2.40. The number of carbonyl (C=O) groups is 1. The molecule has 0 bridgehead atoms. The van der Waals surface area contributed by atoms with Crippen molar-refractivity contribution in [3.8, 4) is 5.75 Å². The normalized spacial score (nSPS) is 16.7. The molecule has 21 heavy (non-hydrogen) atoms. The van der Waals surface area contributed by atoms with Gasteiger partial charge >= 0.3 is 5.97 Å². The summed E-state index contributed by atoms with van der Waals surface area (Å²) in [5.74, 6) is -0.0378. The number of aliphatic carboxylic acids is 1. The van der Waals surface area contributed by atoms with E-state index in [0.29, 0.717) is 0 Å². The first-order valence-corrected chi connectivity index (χ1v) is 7.31. The first kappa shape index (κ1) is 14.0. The summed E-state index contributed by atoms with van der Waals surface area (Å²) >= 11 is 0. The Bertz CT molecular complexity index is 712. The zero-order valence-corrected chi connectivity index (χ0v) is 12.8. The summed E-state index contributed by atoms with van der Waals surface area (Å²) in [4.78, 5) is 11.3. The van der Waals surface area contributed by atoms with E-state index in [4.69, 9.17) is 4.74 Å². The maximum absolute atomic E-state index is 11.3. The van der Waals surface area contributed by atoms with E-state index in [9.17, 15) is 9.90 Å². The van der Waals surface area contributed by atoms with Gasteiger partial charge in [-0.05, 0) is 42.4 Å². The van der Waals surface area contributed by atoms with Crippen molar-refractivity contribution in [3.05, 3.63) is 29.5 Å². The van der Waals surface area contributed by atoms with E-state index < -0.39 is 5.97 Å². The van der Waals surface area contributed by atoms with Gasteiger partial charge in [-0.3, -0.25) is 4.79 Å². The van der Waals surface area contributed by atoms with E-state index in [1.165, 1.54) is 16.6 Å². The Hall–Kier alpha value is -1.97. The molecule has 1 aliphatic rings. The van der Waals surface area contributed by atoms with Crippen LogP contribution in [0.1, 0.15) is 31.5 Å². The van der Waals surface area contributed by atoms with Crippen molar-refractivity contribution in [1.29, 1.82) is 0 Å². The molecule has 1 aliphatic carbocycles. The summed E-state index contributed by atoms with van der Waals surface area (Å²) < 4.78 is 7.25. The molecule has 4 nitrogen and oxygen atoms in total. The number of carboxylic acid groups (broad SMARTS) is 1. The van der Waals surface area contributed by atoms with Gasteiger partial charge < -0.3 is 14.4 Å². The molecule has 112 valence electrons. The monoisotopic (exact) mass is 287 g/mol. The fourth-order valence-corrected chi connectivity index (χ4v) is 3.38. The lowest BCUT2D eigenvalue weighted by molar-refractivity contribution is -0.137. The van der Waals surface area contributed by atoms with E-state index in [1.54, 1.807) is 7.11 Å². The van der Waals surface area contributed by atoms with Gasteiger partial charge in [-0.25, -0.2) is 0 Å². The van der Waals surface area contributed by atoms with Crippen molar-refractivity contribution in [3.63, 3.8) is 0 Å². The van der Waals surface area contributed by atoms with E-state index in [1.807, 2.05) is 16.7 Å². The van der Waals surface area contributed by atoms with E-state index in [2.05, 4.69) is 19.9 Å². The van der Waals surface area contributed by atoms with Crippen LogP contribution in [0.25, 0.3) is 10.9 Å². The second-order valence-corrected chi connectivity index (χ2v) is 6.63. The fourth-order valence-electron chi connectivity index (χ4n) is 3.38. The lowest BCUT2D eigenvalue weighted by Crippen LogP contribution is -2.24. The predicted octanol–water partition coefficient (Wildman–Crippen LogP) is 3.25. The maximum Gasteiger partial charge on any atom is 0.323 e. The highest BCUT2D eigenvalue weighted by molar-refractivity contribution is 5.88. The number of carboxylic acids is 1. The van der Waals surface area contributed by atoms with Gasteiger partial charge in [0.15, 0.2) is 0 Å². The average Bonchev–Trinajstić information content (AvgIpc) is 2.70. The second kappa shape index (κ2) is 4.79. The number of rotatable bonds is 3. The lowest BCUT2D eigenvalue weighted by atomic mass is 9.76. The summed E-state index contributed by atoms with van der Waals surface area (Å²) in [5.41, 5.74) is 3.69. The largest absolute Gasteiger partial charge is 0.497 e. The second-order valence-electron chi connectivity index (χ2n) is 6.63. The first-order valence-electron chi connectivity index (χ1n) is 7.31. The van der Waals surface area contributed by atoms with Gasteiger partial charge in [0.2, 0.25) is 0 Å². The highest BCUT2D eigenvalue weighted by atomic mass is 16.5. The van der Waals surface area contributed by atoms with E-state index in [0.717, 1.165) is 30.5 Å². The van der Waals surface area contributed by atoms with Crippen LogP contribution in [-0.4, -0.2) is 22.8 Å². The molecule has 1 N–H and O–H groups in total. The number of aromatic nitrogens is 1. The number of aryl methyl sites for hydroxylation is 1. The number of hydrogen-bond acceptors (Lipinski definition) is 2. The summed E-state index contributed by atoms with van der Waals surface area (Å²) in [6, 6.07) is 5.96. The molecule has 0 saturated heterocycles. The van der Waals surface area contributed by atoms with Crippen LogP contribution in [0.4, 0.5) is 0 Å². The number of nitrogens with zero attached hydrogens (tertiary/aromatic N) is 1. The third kappa shape index (κ3) is 2.39. The molecule has 0 spiro atoms. The van der Waals surface area contributed by atoms with Crippen molar-refractivity contribution >= 4 is 16.9 Å². The molecule has 1 aromatic carbocycles. The Morgan fingerprint density at radius 1 is 1.43 bits per heavy atom. The summed E-state index contributed by atoms with van der Waals surface area (Å²) in [5, 5.41) is 10.4. The van der Waals surface area contributed by atoms with E-state index >= 15 is 0 Å². The van der Waals surface area contributed by atoms with Crippen molar-refractivity contribution in [1.82, 2.24) is 4.57 Å². The highest BCUT2D eigenvalue weighted by Gasteiger charge is 2.30. The minimum Gasteiger partial charge on any atom is -0.497 e. The zero-order valence-electron chi connectivity index (χ0n) is 12.8. The van der Waals surface area contributed by atoms with Gasteiger partial charge in [-0.2, -0.15) is 0 Å². The molecule has 1 aromatic heterocycles. The van der Waals surface area contributed by atoms with Crippen LogP contribution >= 0.6 is 0 Å². The van der Waals surface area contributed by atoms with Gasteiger partial charge in [-0.15, -0.1) is 0 Å². The summed E-state index contributed by atoms with van der Waals surface area (Å²) in [6.07, 6.45) is 3.07. The van der Waals surface area contributed by atoms with Crippen molar-refractivity contribution < 1.29 is 14.6 Å². The predicted molar refractivity (Wildman–Crippen MR) is 81.9 cm³/mol. The van der Waals surface area contributed by atoms with Crippen LogP contribution in [0.5, 0.6) is 5.75 Å². The van der Waals surface area contributed by atoms with Gasteiger partial charge in [-0.1, -0.05) is 13.8 Å². The summed E-state index contributed by atoms with van der Waals surface area (Å²) in [7, 11) is 1.63. The van der Waals surface area contributed by atoms with Crippen LogP contribution in [0.2, 0.25) is 0 Å². The molecule has 4 heteroatoms. The number of benzene rings is 1. The zero-order chi connectivity index (χ0) is 15.2. The van der Waals surface area contributed by atoms with Crippen LogP contribution in [0.15, 0.2) is 18.2 Å². The number of ether oxygens (including phenoxy) is 1. The van der Waals surface area contributed by atoms with Crippen LogP contribution in [0.3, 0.4) is 0 Å². The van der Waals surface area contributed by atoms with Crippen LogP contribution in [-0.2, 0) is 24.2 Å². The Balaban J connectivity index is 2.25. The Kier molecular flexibility index (Phi) is 3.19. The van der Waals surface area contributed by atoms with Crippen LogP contribution < -0.4 is 4.74 Å². The van der Waals surface area contributed by atoms with Crippen molar-refractivity contribution in [2.75, 3.05) is 7.11 Å². The van der Waals surface area contributed by atoms with Gasteiger partial charge in [0, 0.05) is 17.1 Å². The average molecular weight is 287 g/mol. The maximum atomic E-state index is 11.3. The molecule has 0 atom stereocenters. The third-order valence-electron chi connectivity index (χ3n) is 4.49. The Labute approximate surface area is 124 Å². The Morgan fingerprint density at radius 3 is 2.86 bits per heavy atom. The molecule has 2 aromatic rings. The minimum absolute atomic E-state index is 0.00901. The number of fused-ring (bicyclic) bond motifs is 3. The third-order valence-corrected chi connectivity index (χ3v) is 4.49. The fraction of sp³-hybridized carbons (Fsp3) is 0.471. The molecule has 0 saturated carbocycles. The molecular formula is C17H21NO3. The summed E-state index contributed by atoms with van der Waals surface area (Å²) in [6.45, 7) is 4.51. The molecule has 3 rings (SSSR count).